The molecule has 0 aromatic heterocycles. The number of esters is 1. The molecule has 6 heteroatoms. The van der Waals surface area contributed by atoms with Crippen molar-refractivity contribution in [1.29, 1.82) is 0 Å². The molecule has 0 radical (unpaired) electrons. The van der Waals surface area contributed by atoms with Gasteiger partial charge < -0.3 is 15.4 Å². The normalized spacial score (nSPS) is 19.1. The molecule has 1 fully saturated rings. The quantitative estimate of drug-likeness (QED) is 0.666. The number of hydrogen-bond acceptors (Lipinski definition) is 4. The number of ether oxygens (including phenoxy) is 1. The van der Waals surface area contributed by atoms with E-state index in [-0.39, 0.29) is 30.9 Å². The molecule has 0 saturated carbocycles. The third-order valence-corrected chi connectivity index (χ3v) is 2.25. The summed E-state index contributed by atoms with van der Waals surface area (Å²) in [7, 11) is 1.30. The number of methoxy groups -OCH3 is 1. The largest absolute Gasteiger partial charge is 0.468 e. The molecule has 1 amide bonds. The molecule has 88 valence electrons. The highest BCUT2D eigenvalue weighted by molar-refractivity contribution is 5.85. The Kier molecular flexibility index (Phi) is 7.07. The van der Waals surface area contributed by atoms with Gasteiger partial charge in [0.1, 0.15) is 6.54 Å². The zero-order chi connectivity index (χ0) is 10.4. The van der Waals surface area contributed by atoms with Crippen molar-refractivity contribution in [2.45, 2.75) is 25.3 Å². The topological polar surface area (TPSA) is 67.4 Å². The van der Waals surface area contributed by atoms with Crippen LogP contribution in [0.3, 0.4) is 0 Å². The Morgan fingerprint density at radius 2 is 2.27 bits per heavy atom. The summed E-state index contributed by atoms with van der Waals surface area (Å²) in [5.41, 5.74) is 0. The Labute approximate surface area is 95.3 Å². The lowest BCUT2D eigenvalue weighted by Gasteiger charge is -2.09. The highest BCUT2D eigenvalue weighted by Gasteiger charge is 2.17. The lowest BCUT2D eigenvalue weighted by atomic mass is 10.1. The first-order valence-electron chi connectivity index (χ1n) is 4.79. The number of carbonyl (C=O) groups is 2. The van der Waals surface area contributed by atoms with Crippen LogP contribution in [0.4, 0.5) is 0 Å². The first kappa shape index (κ1) is 14.2. The first-order chi connectivity index (χ1) is 6.72. The molecule has 1 saturated heterocycles. The van der Waals surface area contributed by atoms with Gasteiger partial charge in [0.2, 0.25) is 5.91 Å². The van der Waals surface area contributed by atoms with Crippen LogP contribution < -0.4 is 10.6 Å². The second-order valence-electron chi connectivity index (χ2n) is 3.35. The molecule has 0 spiro atoms. The first-order valence-corrected chi connectivity index (χ1v) is 4.79. The standard InChI is InChI=1S/C9H16N2O3.ClH/c1-14-9(13)6-11-8(12)5-7-3-2-4-10-7;/h7,10H,2-6H2,1H3,(H,11,12);1H. The molecule has 2 N–H and O–H groups in total. The summed E-state index contributed by atoms with van der Waals surface area (Å²) in [6, 6.07) is 0.271. The molecule has 1 atom stereocenters. The molecule has 15 heavy (non-hydrogen) atoms. The van der Waals surface area contributed by atoms with Gasteiger partial charge in [-0.05, 0) is 19.4 Å². The predicted octanol–water partition coefficient (Wildman–Crippen LogP) is -0.161. The van der Waals surface area contributed by atoms with Crippen molar-refractivity contribution in [3.8, 4) is 0 Å². The fraction of sp³-hybridized carbons (Fsp3) is 0.778. The lowest BCUT2D eigenvalue weighted by molar-refractivity contribution is -0.141. The summed E-state index contributed by atoms with van der Waals surface area (Å²) in [5, 5.41) is 5.72. The van der Waals surface area contributed by atoms with Crippen molar-refractivity contribution >= 4 is 24.3 Å². The van der Waals surface area contributed by atoms with E-state index < -0.39 is 5.97 Å². The highest BCUT2D eigenvalue weighted by atomic mass is 35.5. The molecule has 0 bridgehead atoms. The molecule has 0 aromatic carbocycles. The number of hydrogen-bond donors (Lipinski definition) is 2. The SMILES string of the molecule is COC(=O)CNC(=O)CC1CCCN1.Cl. The number of halogens is 1. The van der Waals surface area contributed by atoms with E-state index in [0.717, 1.165) is 19.4 Å². The molecule has 1 heterocycles. The Hall–Kier alpha value is -0.810. The van der Waals surface area contributed by atoms with Gasteiger partial charge in [-0.1, -0.05) is 0 Å². The van der Waals surface area contributed by atoms with E-state index in [9.17, 15) is 9.59 Å². The van der Waals surface area contributed by atoms with Crippen LogP contribution in [0.1, 0.15) is 19.3 Å². The van der Waals surface area contributed by atoms with Gasteiger partial charge in [0, 0.05) is 12.5 Å². The number of carbonyl (C=O) groups excluding carboxylic acids is 2. The second kappa shape index (κ2) is 7.48. The van der Waals surface area contributed by atoms with E-state index in [0.29, 0.717) is 6.42 Å². The molecule has 1 aliphatic rings. The van der Waals surface area contributed by atoms with Gasteiger partial charge in [0.25, 0.3) is 0 Å². The van der Waals surface area contributed by atoms with E-state index in [1.54, 1.807) is 0 Å². The zero-order valence-corrected chi connectivity index (χ0v) is 9.56. The second-order valence-corrected chi connectivity index (χ2v) is 3.35. The van der Waals surface area contributed by atoms with Crippen LogP contribution in [0, 0.1) is 0 Å². The lowest BCUT2D eigenvalue weighted by Crippen LogP contribution is -2.35. The monoisotopic (exact) mass is 236 g/mol. The van der Waals surface area contributed by atoms with Gasteiger partial charge >= 0.3 is 5.97 Å². The van der Waals surface area contributed by atoms with Gasteiger partial charge in [-0.3, -0.25) is 9.59 Å². The molecule has 1 unspecified atom stereocenters. The maximum Gasteiger partial charge on any atom is 0.325 e. The molecule has 0 aromatic rings. The minimum atomic E-state index is -0.419. The van der Waals surface area contributed by atoms with Crippen LogP contribution in [0.2, 0.25) is 0 Å². The predicted molar refractivity (Wildman–Crippen MR) is 57.9 cm³/mol. The van der Waals surface area contributed by atoms with E-state index in [1.807, 2.05) is 0 Å². The van der Waals surface area contributed by atoms with Crippen LogP contribution in [0.15, 0.2) is 0 Å². The number of amides is 1. The summed E-state index contributed by atoms with van der Waals surface area (Å²) in [5.74, 6) is -0.521. The van der Waals surface area contributed by atoms with Crippen LogP contribution in [-0.2, 0) is 14.3 Å². The Morgan fingerprint density at radius 3 is 2.80 bits per heavy atom. The van der Waals surface area contributed by atoms with E-state index in [4.69, 9.17) is 0 Å². The molecular weight excluding hydrogens is 220 g/mol. The molecular formula is C9H17ClN2O3. The molecule has 1 rings (SSSR count). The van der Waals surface area contributed by atoms with Crippen molar-refractivity contribution in [2.75, 3.05) is 20.2 Å². The van der Waals surface area contributed by atoms with E-state index in [2.05, 4.69) is 15.4 Å². The Balaban J connectivity index is 0.00000196. The van der Waals surface area contributed by atoms with Crippen LogP contribution in [0.5, 0.6) is 0 Å². The van der Waals surface area contributed by atoms with Crippen molar-refractivity contribution in [3.63, 3.8) is 0 Å². The average molecular weight is 237 g/mol. The molecule has 0 aliphatic carbocycles. The Morgan fingerprint density at radius 1 is 1.53 bits per heavy atom. The summed E-state index contributed by atoms with van der Waals surface area (Å²) in [4.78, 5) is 22.0. The number of nitrogens with one attached hydrogen (secondary N) is 2. The van der Waals surface area contributed by atoms with Crippen molar-refractivity contribution < 1.29 is 14.3 Å². The van der Waals surface area contributed by atoms with Crippen molar-refractivity contribution in [3.05, 3.63) is 0 Å². The van der Waals surface area contributed by atoms with Gasteiger partial charge in [0.15, 0.2) is 0 Å². The van der Waals surface area contributed by atoms with E-state index >= 15 is 0 Å². The molecule has 1 aliphatic heterocycles. The number of rotatable bonds is 4. The Bertz CT molecular complexity index is 217. The summed E-state index contributed by atoms with van der Waals surface area (Å²) < 4.78 is 4.40. The van der Waals surface area contributed by atoms with Crippen LogP contribution >= 0.6 is 12.4 Å². The summed E-state index contributed by atoms with van der Waals surface area (Å²) >= 11 is 0. The maximum atomic E-state index is 11.3. The van der Waals surface area contributed by atoms with Gasteiger partial charge in [-0.2, -0.15) is 0 Å². The minimum absolute atomic E-state index is 0. The maximum absolute atomic E-state index is 11.3. The minimum Gasteiger partial charge on any atom is -0.468 e. The average Bonchev–Trinajstić information content (AvgIpc) is 2.66. The van der Waals surface area contributed by atoms with Crippen molar-refractivity contribution in [1.82, 2.24) is 10.6 Å². The fourth-order valence-electron chi connectivity index (χ4n) is 1.47. The van der Waals surface area contributed by atoms with Gasteiger partial charge in [-0.25, -0.2) is 0 Å². The fourth-order valence-corrected chi connectivity index (χ4v) is 1.47. The third-order valence-electron chi connectivity index (χ3n) is 2.25. The summed E-state index contributed by atoms with van der Waals surface area (Å²) in [6.45, 7) is 0.941. The molecule has 5 nitrogen and oxygen atoms in total. The van der Waals surface area contributed by atoms with Crippen LogP contribution in [0.25, 0.3) is 0 Å². The smallest absolute Gasteiger partial charge is 0.325 e. The zero-order valence-electron chi connectivity index (χ0n) is 8.75. The van der Waals surface area contributed by atoms with Gasteiger partial charge in [0.05, 0.1) is 7.11 Å². The van der Waals surface area contributed by atoms with Gasteiger partial charge in [-0.15, -0.1) is 12.4 Å². The summed E-state index contributed by atoms with van der Waals surface area (Å²) in [6.07, 6.45) is 2.59. The van der Waals surface area contributed by atoms with Crippen molar-refractivity contribution in [2.24, 2.45) is 0 Å². The third kappa shape index (κ3) is 5.59. The highest BCUT2D eigenvalue weighted by Crippen LogP contribution is 2.07. The van der Waals surface area contributed by atoms with E-state index in [1.165, 1.54) is 7.11 Å². The van der Waals surface area contributed by atoms with Crippen LogP contribution in [-0.4, -0.2) is 38.1 Å².